The molecule has 0 aromatic heterocycles. The fourth-order valence-electron chi connectivity index (χ4n) is 2.43. The summed E-state index contributed by atoms with van der Waals surface area (Å²) in [7, 11) is 1.64. The number of ether oxygens (including phenoxy) is 1. The van der Waals surface area contributed by atoms with Crippen LogP contribution in [0, 0.1) is 6.92 Å². The summed E-state index contributed by atoms with van der Waals surface area (Å²) in [6, 6.07) is 25.8. The molecule has 0 aliphatic rings. The fourth-order valence-corrected chi connectivity index (χ4v) is 2.43. The quantitative estimate of drug-likeness (QED) is 0.396. The second-order valence-electron chi connectivity index (χ2n) is 5.90. The summed E-state index contributed by atoms with van der Waals surface area (Å²) >= 11 is 0. The third kappa shape index (κ3) is 4.94. The normalized spacial score (nSPS) is 11.2. The first-order valence-electron chi connectivity index (χ1n) is 8.46. The van der Waals surface area contributed by atoms with E-state index in [1.165, 1.54) is 5.56 Å². The zero-order valence-corrected chi connectivity index (χ0v) is 15.0. The van der Waals surface area contributed by atoms with Gasteiger partial charge in [0.25, 0.3) is 0 Å². The minimum Gasteiger partial charge on any atom is -0.497 e. The van der Waals surface area contributed by atoms with Crippen molar-refractivity contribution in [3.8, 4) is 5.75 Å². The minimum absolute atomic E-state index is 0.448. The molecule has 0 saturated carbocycles. The van der Waals surface area contributed by atoms with Crippen LogP contribution in [0.4, 0.5) is 5.69 Å². The molecule has 0 heterocycles. The van der Waals surface area contributed by atoms with Crippen LogP contribution in [0.3, 0.4) is 0 Å². The number of aliphatic imine (C=N–C) groups is 1. The van der Waals surface area contributed by atoms with Crippen molar-refractivity contribution >= 4 is 11.5 Å². The topological polar surface area (TPSA) is 42.8 Å². The van der Waals surface area contributed by atoms with Crippen LogP contribution >= 0.6 is 0 Å². The average Bonchev–Trinajstić information content (AvgIpc) is 2.69. The van der Waals surface area contributed by atoms with E-state index in [4.69, 9.17) is 14.6 Å². The van der Waals surface area contributed by atoms with Gasteiger partial charge in [-0.15, -0.1) is 0 Å². The first-order chi connectivity index (χ1) is 12.7. The summed E-state index contributed by atoms with van der Waals surface area (Å²) in [6.45, 7) is 2.51. The molecule has 0 fully saturated rings. The Bertz CT molecular complexity index is 859. The molecule has 3 aromatic carbocycles. The third-order valence-electron chi connectivity index (χ3n) is 3.87. The van der Waals surface area contributed by atoms with Crippen LogP contribution < -0.4 is 10.2 Å². The third-order valence-corrected chi connectivity index (χ3v) is 3.87. The lowest BCUT2D eigenvalue weighted by Gasteiger charge is -2.11. The Labute approximate surface area is 154 Å². The van der Waals surface area contributed by atoms with Gasteiger partial charge in [-0.05, 0) is 24.6 Å². The lowest BCUT2D eigenvalue weighted by molar-refractivity contribution is 0.0716. The molecule has 3 rings (SSSR count). The highest BCUT2D eigenvalue weighted by Crippen LogP contribution is 2.20. The molecular formula is C22H22N2O2. The summed E-state index contributed by atoms with van der Waals surface area (Å²) in [6.07, 6.45) is 0. The molecule has 0 radical (unpaired) electrons. The van der Waals surface area contributed by atoms with Crippen molar-refractivity contribution < 1.29 is 9.57 Å². The van der Waals surface area contributed by atoms with E-state index in [-0.39, 0.29) is 0 Å². The maximum absolute atomic E-state index is 5.68. The highest BCUT2D eigenvalue weighted by molar-refractivity contribution is 5.99. The molecule has 132 valence electrons. The van der Waals surface area contributed by atoms with Crippen molar-refractivity contribution in [3.63, 3.8) is 0 Å². The smallest absolute Gasteiger partial charge is 0.157 e. The Morgan fingerprint density at radius 3 is 2.42 bits per heavy atom. The van der Waals surface area contributed by atoms with E-state index in [9.17, 15) is 0 Å². The van der Waals surface area contributed by atoms with Gasteiger partial charge in [0.05, 0.1) is 19.4 Å². The molecule has 0 spiro atoms. The second kappa shape index (κ2) is 8.83. The van der Waals surface area contributed by atoms with Crippen LogP contribution in [-0.2, 0) is 11.4 Å². The predicted molar refractivity (Wildman–Crippen MR) is 105 cm³/mol. The number of hydroxylamine groups is 1. The molecule has 0 saturated heterocycles. The lowest BCUT2D eigenvalue weighted by atomic mass is 10.1. The highest BCUT2D eigenvalue weighted by Gasteiger charge is 2.05. The molecule has 26 heavy (non-hydrogen) atoms. The van der Waals surface area contributed by atoms with Gasteiger partial charge in [-0.25, -0.2) is 10.5 Å². The maximum Gasteiger partial charge on any atom is 0.157 e. The maximum atomic E-state index is 5.68. The first-order valence-corrected chi connectivity index (χ1v) is 8.46. The summed E-state index contributed by atoms with van der Waals surface area (Å²) in [5.74, 6) is 1.41. The Kier molecular flexibility index (Phi) is 6.01. The van der Waals surface area contributed by atoms with E-state index >= 15 is 0 Å². The van der Waals surface area contributed by atoms with Crippen LogP contribution in [0.1, 0.15) is 16.7 Å². The van der Waals surface area contributed by atoms with Crippen molar-refractivity contribution in [2.75, 3.05) is 7.11 Å². The molecule has 3 aromatic rings. The Morgan fingerprint density at radius 2 is 1.69 bits per heavy atom. The van der Waals surface area contributed by atoms with Gasteiger partial charge in [0, 0.05) is 11.6 Å². The van der Waals surface area contributed by atoms with E-state index in [0.29, 0.717) is 12.4 Å². The van der Waals surface area contributed by atoms with E-state index < -0.39 is 0 Å². The molecular weight excluding hydrogens is 324 g/mol. The number of methoxy groups -OCH3 is 1. The minimum atomic E-state index is 0.448. The fraction of sp³-hybridized carbons (Fsp3) is 0.136. The summed E-state index contributed by atoms with van der Waals surface area (Å²) in [5.41, 5.74) is 7.02. The van der Waals surface area contributed by atoms with E-state index in [1.807, 2.05) is 66.7 Å². The van der Waals surface area contributed by atoms with Gasteiger partial charge in [0.2, 0.25) is 0 Å². The average molecular weight is 346 g/mol. The second-order valence-corrected chi connectivity index (χ2v) is 5.90. The molecule has 1 N–H and O–H groups in total. The van der Waals surface area contributed by atoms with Gasteiger partial charge >= 0.3 is 0 Å². The largest absolute Gasteiger partial charge is 0.497 e. The van der Waals surface area contributed by atoms with Crippen LogP contribution in [0.15, 0.2) is 83.9 Å². The highest BCUT2D eigenvalue weighted by atomic mass is 16.6. The monoisotopic (exact) mass is 346 g/mol. The summed E-state index contributed by atoms with van der Waals surface area (Å²) in [5, 5.41) is 0. The number of hydrogen-bond donors (Lipinski definition) is 1. The van der Waals surface area contributed by atoms with Crippen molar-refractivity contribution in [2.24, 2.45) is 4.99 Å². The lowest BCUT2D eigenvalue weighted by Crippen LogP contribution is -2.24. The van der Waals surface area contributed by atoms with Crippen LogP contribution in [0.2, 0.25) is 0 Å². The molecule has 0 atom stereocenters. The number of nitrogens with zero attached hydrogens (tertiary/aromatic N) is 1. The van der Waals surface area contributed by atoms with Gasteiger partial charge in [-0.2, -0.15) is 0 Å². The van der Waals surface area contributed by atoms with Crippen molar-refractivity contribution in [3.05, 3.63) is 95.6 Å². The molecule has 4 nitrogen and oxygen atoms in total. The Morgan fingerprint density at radius 1 is 0.923 bits per heavy atom. The zero-order chi connectivity index (χ0) is 18.2. The van der Waals surface area contributed by atoms with E-state index in [0.717, 1.165) is 22.6 Å². The van der Waals surface area contributed by atoms with Gasteiger partial charge in [-0.3, -0.25) is 4.84 Å². The van der Waals surface area contributed by atoms with Gasteiger partial charge in [0.15, 0.2) is 5.84 Å². The van der Waals surface area contributed by atoms with Crippen molar-refractivity contribution in [1.29, 1.82) is 0 Å². The van der Waals surface area contributed by atoms with Crippen molar-refractivity contribution in [1.82, 2.24) is 5.48 Å². The van der Waals surface area contributed by atoms with Crippen LogP contribution in [0.5, 0.6) is 5.75 Å². The molecule has 0 aliphatic heterocycles. The van der Waals surface area contributed by atoms with Gasteiger partial charge in [0.1, 0.15) is 5.75 Å². The zero-order valence-electron chi connectivity index (χ0n) is 15.0. The number of aryl methyl sites for hydroxylation is 1. The Balaban J connectivity index is 1.81. The molecule has 0 aliphatic carbocycles. The van der Waals surface area contributed by atoms with Crippen molar-refractivity contribution in [2.45, 2.75) is 13.5 Å². The standard InChI is InChI=1S/C22H22N2O2/c1-17-11-13-19(14-12-17)22(23-20-9-6-10-21(15-20)25-2)24-26-16-18-7-4-3-5-8-18/h3-15H,16H2,1-2H3,(H,23,24). The summed E-state index contributed by atoms with van der Waals surface area (Å²) < 4.78 is 5.28. The SMILES string of the molecule is COc1cccc(N=C(NOCc2ccccc2)c2ccc(C)cc2)c1. The molecule has 0 unspecified atom stereocenters. The number of rotatable bonds is 6. The molecule has 4 heteroatoms. The first kappa shape index (κ1) is 17.7. The van der Waals surface area contributed by atoms with Crippen LogP contribution in [0.25, 0.3) is 0 Å². The molecule has 0 amide bonds. The van der Waals surface area contributed by atoms with E-state index in [1.54, 1.807) is 7.11 Å². The summed E-state index contributed by atoms with van der Waals surface area (Å²) in [4.78, 5) is 10.4. The number of amidine groups is 1. The predicted octanol–water partition coefficient (Wildman–Crippen LogP) is 4.80. The van der Waals surface area contributed by atoms with Gasteiger partial charge < -0.3 is 4.74 Å². The van der Waals surface area contributed by atoms with E-state index in [2.05, 4.69) is 24.5 Å². The van der Waals surface area contributed by atoms with Crippen LogP contribution in [-0.4, -0.2) is 12.9 Å². The van der Waals surface area contributed by atoms with Gasteiger partial charge in [-0.1, -0.05) is 66.2 Å². The molecule has 0 bridgehead atoms. The number of hydrogen-bond acceptors (Lipinski definition) is 3. The number of benzene rings is 3. The number of nitrogens with one attached hydrogen (secondary N) is 1. The Hall–Kier alpha value is -3.11.